The number of aromatic nitrogens is 2. The number of imidazole rings is 1. The van der Waals surface area contributed by atoms with E-state index in [1.807, 2.05) is 42.8 Å². The number of methoxy groups -OCH3 is 1. The summed E-state index contributed by atoms with van der Waals surface area (Å²) in [7, 11) is 3.47. The standard InChI is InChI=1S/C20H22N4O4/c1-4-28-18-9-8-14(10-19(18)27-3)12-21-20-22-13-17(23(20)2)15-6-5-7-16(11-15)24(25)26/h5-11,13H,4,12H2,1-3H3,(H,21,22). The van der Waals surface area contributed by atoms with Gasteiger partial charge in [0.2, 0.25) is 5.95 Å². The van der Waals surface area contributed by atoms with Crippen LogP contribution in [0.25, 0.3) is 11.3 Å². The molecule has 0 unspecified atom stereocenters. The van der Waals surface area contributed by atoms with E-state index < -0.39 is 4.92 Å². The van der Waals surface area contributed by atoms with Crippen molar-refractivity contribution in [3.05, 3.63) is 64.3 Å². The van der Waals surface area contributed by atoms with Crippen LogP contribution < -0.4 is 14.8 Å². The first-order valence-electron chi connectivity index (χ1n) is 8.83. The summed E-state index contributed by atoms with van der Waals surface area (Å²) in [5.41, 5.74) is 2.59. The third-order valence-corrected chi connectivity index (χ3v) is 4.32. The molecule has 0 radical (unpaired) electrons. The van der Waals surface area contributed by atoms with E-state index in [1.54, 1.807) is 19.4 Å². The van der Waals surface area contributed by atoms with Crippen molar-refractivity contribution < 1.29 is 14.4 Å². The van der Waals surface area contributed by atoms with Gasteiger partial charge in [0.05, 0.1) is 30.5 Å². The molecule has 0 fully saturated rings. The molecule has 0 aliphatic heterocycles. The van der Waals surface area contributed by atoms with E-state index in [0.717, 1.165) is 16.8 Å². The lowest BCUT2D eigenvalue weighted by Crippen LogP contribution is -2.06. The van der Waals surface area contributed by atoms with Crippen molar-refractivity contribution >= 4 is 11.6 Å². The molecular weight excluding hydrogens is 360 g/mol. The molecule has 0 saturated carbocycles. The fourth-order valence-electron chi connectivity index (χ4n) is 2.90. The quantitative estimate of drug-likeness (QED) is 0.467. The Labute approximate surface area is 162 Å². The van der Waals surface area contributed by atoms with Crippen LogP contribution in [0.2, 0.25) is 0 Å². The molecule has 0 amide bonds. The van der Waals surface area contributed by atoms with E-state index in [4.69, 9.17) is 9.47 Å². The highest BCUT2D eigenvalue weighted by Crippen LogP contribution is 2.29. The lowest BCUT2D eigenvalue weighted by Gasteiger charge is -2.12. The Morgan fingerprint density at radius 3 is 2.75 bits per heavy atom. The second kappa shape index (κ2) is 8.43. The second-order valence-corrected chi connectivity index (χ2v) is 6.11. The highest BCUT2D eigenvalue weighted by Gasteiger charge is 2.12. The maximum atomic E-state index is 11.0. The first-order valence-corrected chi connectivity index (χ1v) is 8.83. The van der Waals surface area contributed by atoms with Gasteiger partial charge in [-0.3, -0.25) is 10.1 Å². The molecule has 28 heavy (non-hydrogen) atoms. The van der Waals surface area contributed by atoms with Crippen LogP contribution in [0.1, 0.15) is 12.5 Å². The third kappa shape index (κ3) is 4.06. The lowest BCUT2D eigenvalue weighted by atomic mass is 10.1. The molecule has 0 aliphatic carbocycles. The molecule has 0 atom stereocenters. The summed E-state index contributed by atoms with van der Waals surface area (Å²) in [5.74, 6) is 2.05. The van der Waals surface area contributed by atoms with Gasteiger partial charge in [-0.15, -0.1) is 0 Å². The summed E-state index contributed by atoms with van der Waals surface area (Å²) in [6, 6.07) is 12.3. The van der Waals surface area contributed by atoms with Crippen LogP contribution in [0, 0.1) is 10.1 Å². The Bertz CT molecular complexity index is 984. The first kappa shape index (κ1) is 19.2. The number of non-ortho nitro benzene ring substituents is 1. The number of benzene rings is 2. The van der Waals surface area contributed by atoms with Gasteiger partial charge < -0.3 is 19.4 Å². The Kier molecular flexibility index (Phi) is 5.78. The fourth-order valence-corrected chi connectivity index (χ4v) is 2.90. The van der Waals surface area contributed by atoms with E-state index >= 15 is 0 Å². The van der Waals surface area contributed by atoms with Crippen LogP contribution in [0.4, 0.5) is 11.6 Å². The maximum absolute atomic E-state index is 11.0. The number of ether oxygens (including phenoxy) is 2. The van der Waals surface area contributed by atoms with Crippen molar-refractivity contribution in [3.8, 4) is 22.8 Å². The number of hydrogen-bond acceptors (Lipinski definition) is 6. The molecule has 8 heteroatoms. The highest BCUT2D eigenvalue weighted by molar-refractivity contribution is 5.64. The molecule has 0 spiro atoms. The molecule has 1 aromatic heterocycles. The van der Waals surface area contributed by atoms with E-state index in [2.05, 4.69) is 10.3 Å². The number of nitro groups is 1. The largest absolute Gasteiger partial charge is 0.493 e. The number of nitrogens with zero attached hydrogens (tertiary/aromatic N) is 3. The van der Waals surface area contributed by atoms with Gasteiger partial charge in [0.1, 0.15) is 0 Å². The van der Waals surface area contributed by atoms with Gasteiger partial charge >= 0.3 is 0 Å². The lowest BCUT2D eigenvalue weighted by molar-refractivity contribution is -0.384. The average molecular weight is 382 g/mol. The van der Waals surface area contributed by atoms with Gasteiger partial charge in [-0.05, 0) is 24.6 Å². The summed E-state index contributed by atoms with van der Waals surface area (Å²) >= 11 is 0. The zero-order valence-corrected chi connectivity index (χ0v) is 16.0. The van der Waals surface area contributed by atoms with Crippen LogP contribution in [0.15, 0.2) is 48.7 Å². The molecular formula is C20H22N4O4. The van der Waals surface area contributed by atoms with Crippen molar-refractivity contribution in [3.63, 3.8) is 0 Å². The summed E-state index contributed by atoms with van der Waals surface area (Å²) in [4.78, 5) is 15.0. The zero-order chi connectivity index (χ0) is 20.1. The predicted molar refractivity (Wildman–Crippen MR) is 107 cm³/mol. The Hall–Kier alpha value is -3.55. The molecule has 0 saturated heterocycles. The van der Waals surface area contributed by atoms with E-state index in [9.17, 15) is 10.1 Å². The Balaban J connectivity index is 1.76. The van der Waals surface area contributed by atoms with Gasteiger partial charge in [-0.25, -0.2) is 4.98 Å². The summed E-state index contributed by atoms with van der Waals surface area (Å²) in [6.07, 6.45) is 1.69. The van der Waals surface area contributed by atoms with Crippen molar-refractivity contribution in [1.82, 2.24) is 9.55 Å². The SMILES string of the molecule is CCOc1ccc(CNc2ncc(-c3cccc([N+](=O)[O-])c3)n2C)cc1OC. The number of nitrogens with one attached hydrogen (secondary N) is 1. The van der Waals surface area contributed by atoms with Crippen molar-refractivity contribution in [2.75, 3.05) is 19.0 Å². The fraction of sp³-hybridized carbons (Fsp3) is 0.250. The number of anilines is 1. The number of hydrogen-bond donors (Lipinski definition) is 1. The average Bonchev–Trinajstić information content (AvgIpc) is 3.08. The Morgan fingerprint density at radius 2 is 2.04 bits per heavy atom. The minimum atomic E-state index is -0.404. The molecule has 146 valence electrons. The molecule has 1 N–H and O–H groups in total. The monoisotopic (exact) mass is 382 g/mol. The van der Waals surface area contributed by atoms with E-state index in [1.165, 1.54) is 12.1 Å². The van der Waals surface area contributed by atoms with Gasteiger partial charge in [0.15, 0.2) is 11.5 Å². The number of nitro benzene ring substituents is 1. The van der Waals surface area contributed by atoms with Gasteiger partial charge in [0, 0.05) is 31.3 Å². The zero-order valence-electron chi connectivity index (χ0n) is 16.0. The maximum Gasteiger partial charge on any atom is 0.270 e. The van der Waals surface area contributed by atoms with Gasteiger partial charge in [0.25, 0.3) is 5.69 Å². The normalized spacial score (nSPS) is 10.5. The highest BCUT2D eigenvalue weighted by atomic mass is 16.6. The van der Waals surface area contributed by atoms with Crippen molar-refractivity contribution in [2.24, 2.45) is 7.05 Å². The van der Waals surface area contributed by atoms with Crippen LogP contribution in [0.3, 0.4) is 0 Å². The smallest absolute Gasteiger partial charge is 0.270 e. The minimum absolute atomic E-state index is 0.0506. The van der Waals surface area contributed by atoms with E-state index in [-0.39, 0.29) is 5.69 Å². The van der Waals surface area contributed by atoms with Crippen molar-refractivity contribution in [2.45, 2.75) is 13.5 Å². The second-order valence-electron chi connectivity index (χ2n) is 6.11. The molecule has 2 aromatic carbocycles. The topological polar surface area (TPSA) is 91.5 Å². The van der Waals surface area contributed by atoms with Crippen molar-refractivity contribution in [1.29, 1.82) is 0 Å². The first-order chi connectivity index (χ1) is 13.5. The van der Waals surface area contributed by atoms with Crippen LogP contribution in [-0.4, -0.2) is 28.2 Å². The molecule has 1 heterocycles. The van der Waals surface area contributed by atoms with Crippen LogP contribution >= 0.6 is 0 Å². The molecule has 0 aliphatic rings. The number of rotatable bonds is 8. The summed E-state index contributed by atoms with van der Waals surface area (Å²) < 4.78 is 12.8. The summed E-state index contributed by atoms with van der Waals surface area (Å²) in [5, 5.41) is 14.3. The third-order valence-electron chi connectivity index (χ3n) is 4.32. The molecule has 0 bridgehead atoms. The van der Waals surface area contributed by atoms with E-state index in [0.29, 0.717) is 30.6 Å². The Morgan fingerprint density at radius 1 is 1.21 bits per heavy atom. The predicted octanol–water partition coefficient (Wildman–Crippen LogP) is 4.01. The molecule has 3 rings (SSSR count). The summed E-state index contributed by atoms with van der Waals surface area (Å²) in [6.45, 7) is 3.04. The van der Waals surface area contributed by atoms with Crippen LogP contribution in [0.5, 0.6) is 11.5 Å². The van der Waals surface area contributed by atoms with Gasteiger partial charge in [-0.2, -0.15) is 0 Å². The molecule has 3 aromatic rings. The molecule has 8 nitrogen and oxygen atoms in total. The minimum Gasteiger partial charge on any atom is -0.493 e. The van der Waals surface area contributed by atoms with Crippen LogP contribution in [-0.2, 0) is 13.6 Å². The van der Waals surface area contributed by atoms with Gasteiger partial charge in [-0.1, -0.05) is 18.2 Å².